The molecule has 352 valence electrons. The Morgan fingerprint density at radius 2 is 1.44 bits per heavy atom. The summed E-state index contributed by atoms with van der Waals surface area (Å²) in [7, 11) is 6.67. The van der Waals surface area contributed by atoms with Gasteiger partial charge in [-0.15, -0.1) is 0 Å². The number of hydrogen-bond donors (Lipinski definition) is 4. The number of methoxy groups -OCH3 is 2. The maximum Gasteiger partial charge on any atom is 0.326 e. The molecule has 4 N–H and O–H groups in total. The molecule has 1 aliphatic rings. The first kappa shape index (κ1) is 54.1. The van der Waals surface area contributed by atoms with E-state index in [-0.39, 0.29) is 60.8 Å². The van der Waals surface area contributed by atoms with Crippen LogP contribution in [0.1, 0.15) is 113 Å². The molecule has 0 aromatic heterocycles. The van der Waals surface area contributed by atoms with E-state index in [4.69, 9.17) is 9.47 Å². The number of ether oxygens (including phenoxy) is 2. The Morgan fingerprint density at radius 1 is 0.823 bits per heavy atom. The fourth-order valence-electron chi connectivity index (χ4n) is 8.74. The van der Waals surface area contributed by atoms with Crippen LogP contribution in [0.2, 0.25) is 0 Å². The number of nitrogens with zero attached hydrogens (tertiary/aromatic N) is 3. The highest BCUT2D eigenvalue weighted by Crippen LogP contribution is 2.30. The van der Waals surface area contributed by atoms with Gasteiger partial charge in [0.05, 0.1) is 42.7 Å². The van der Waals surface area contributed by atoms with Gasteiger partial charge in [-0.05, 0) is 63.5 Å². The second-order valence-corrected chi connectivity index (χ2v) is 18.2. The fraction of sp³-hybridized carbons (Fsp3) is 0.745. The summed E-state index contributed by atoms with van der Waals surface area (Å²) in [5.74, 6) is -3.97. The van der Waals surface area contributed by atoms with Gasteiger partial charge in [-0.1, -0.05) is 98.6 Å². The summed E-state index contributed by atoms with van der Waals surface area (Å²) in [4.78, 5) is 87.5. The number of likely N-dealkylation sites (N-methyl/N-ethyl adjacent to an activating group) is 2. The van der Waals surface area contributed by atoms with Crippen LogP contribution in [0.4, 0.5) is 0 Å². The average molecular weight is 873 g/mol. The molecule has 5 amide bonds. The van der Waals surface area contributed by atoms with Gasteiger partial charge in [0.1, 0.15) is 18.1 Å². The Labute approximate surface area is 371 Å². The predicted octanol–water partition coefficient (Wildman–Crippen LogP) is 4.51. The molecule has 10 atom stereocenters. The van der Waals surface area contributed by atoms with Crippen LogP contribution in [0.15, 0.2) is 30.3 Å². The first-order valence-electron chi connectivity index (χ1n) is 22.7. The number of nitrogens with one attached hydrogen (secondary N) is 3. The van der Waals surface area contributed by atoms with E-state index in [9.17, 15) is 33.9 Å². The number of carbonyl (C=O) groups excluding carboxylic acids is 5. The zero-order valence-corrected chi connectivity index (χ0v) is 40.1. The third-order valence-electron chi connectivity index (χ3n) is 12.8. The van der Waals surface area contributed by atoms with Gasteiger partial charge < -0.3 is 40.3 Å². The molecular formula is C47H80N6O9. The largest absolute Gasteiger partial charge is 0.480 e. The quantitative estimate of drug-likeness (QED) is 0.103. The molecule has 0 saturated carbocycles. The van der Waals surface area contributed by atoms with Gasteiger partial charge in [-0.25, -0.2) is 4.79 Å². The van der Waals surface area contributed by atoms with Gasteiger partial charge in [0.2, 0.25) is 29.5 Å². The number of aliphatic carboxylic acids is 1. The fourth-order valence-corrected chi connectivity index (χ4v) is 8.74. The van der Waals surface area contributed by atoms with Crippen LogP contribution in [-0.4, -0.2) is 145 Å². The number of carboxylic acids is 1. The molecule has 0 spiro atoms. The molecular weight excluding hydrogens is 793 g/mol. The van der Waals surface area contributed by atoms with Gasteiger partial charge in [-0.2, -0.15) is 0 Å². The molecule has 1 aromatic rings. The Morgan fingerprint density at radius 3 is 1.94 bits per heavy atom. The summed E-state index contributed by atoms with van der Waals surface area (Å²) >= 11 is 0. The van der Waals surface area contributed by atoms with Crippen LogP contribution in [0.5, 0.6) is 0 Å². The first-order valence-corrected chi connectivity index (χ1v) is 22.7. The van der Waals surface area contributed by atoms with Crippen molar-refractivity contribution in [3.8, 4) is 0 Å². The van der Waals surface area contributed by atoms with Crippen LogP contribution in [0.3, 0.4) is 0 Å². The van der Waals surface area contributed by atoms with Crippen molar-refractivity contribution in [1.29, 1.82) is 0 Å². The first-order chi connectivity index (χ1) is 29.2. The van der Waals surface area contributed by atoms with Crippen LogP contribution in [0.25, 0.3) is 0 Å². The molecule has 15 nitrogen and oxygen atoms in total. The Balaban J connectivity index is 2.35. The predicted molar refractivity (Wildman–Crippen MR) is 241 cm³/mol. The number of benzene rings is 1. The maximum atomic E-state index is 14.4. The third kappa shape index (κ3) is 14.8. The molecule has 0 aliphatic carbocycles. The van der Waals surface area contributed by atoms with Crippen LogP contribution >= 0.6 is 0 Å². The van der Waals surface area contributed by atoms with Crippen molar-refractivity contribution in [2.45, 2.75) is 169 Å². The highest BCUT2D eigenvalue weighted by atomic mass is 16.5. The van der Waals surface area contributed by atoms with E-state index in [1.54, 1.807) is 23.8 Å². The summed E-state index contributed by atoms with van der Waals surface area (Å²) in [6.45, 7) is 19.9. The number of rotatable bonds is 26. The van der Waals surface area contributed by atoms with E-state index in [0.29, 0.717) is 32.2 Å². The molecule has 1 heterocycles. The summed E-state index contributed by atoms with van der Waals surface area (Å²) in [6, 6.07) is 4.91. The summed E-state index contributed by atoms with van der Waals surface area (Å²) in [5.41, 5.74) is 0.785. The Kier molecular flexibility index (Phi) is 22.6. The molecule has 15 heteroatoms. The monoisotopic (exact) mass is 873 g/mol. The van der Waals surface area contributed by atoms with E-state index >= 15 is 0 Å². The van der Waals surface area contributed by atoms with E-state index in [2.05, 4.69) is 16.0 Å². The lowest BCUT2D eigenvalue weighted by atomic mass is 9.89. The van der Waals surface area contributed by atoms with Crippen molar-refractivity contribution < 1.29 is 43.3 Å². The second kappa shape index (κ2) is 25.9. The van der Waals surface area contributed by atoms with Crippen molar-refractivity contribution >= 4 is 35.5 Å². The molecule has 1 unspecified atom stereocenters. The Hall–Kier alpha value is -4.08. The molecule has 1 aromatic carbocycles. The zero-order chi connectivity index (χ0) is 47.0. The minimum Gasteiger partial charge on any atom is -0.480 e. The van der Waals surface area contributed by atoms with Crippen LogP contribution in [0, 0.1) is 23.7 Å². The standard InChI is InChI=1S/C47H80N6O9/c1-15-21-34(47(59)60)48-44(56)35(26-33-22-18-17-19-23-33)49-43(55)32(10)42(62-14)36-24-20-25-53(36)38(54)27-37(61-13)41(31(9)16-2)52(12)46(58)39(28(3)4)50-45(57)40(29(5)6)51(11)30(7)8/h17-19,22-23,28-32,34-37,39-42H,15-16,20-21,24-27H2,1-14H3,(H,48,56)(H,49,55)(H,50,57)(H,59,60)/t31-,32+,34?,35-,36-,37+,39-,40-,41-,42+/m0/s1. The van der Waals surface area contributed by atoms with Crippen molar-refractivity contribution in [3.05, 3.63) is 35.9 Å². The lowest BCUT2D eigenvalue weighted by Crippen LogP contribution is -2.60. The lowest BCUT2D eigenvalue weighted by molar-refractivity contribution is -0.148. The van der Waals surface area contributed by atoms with Gasteiger partial charge in [0, 0.05) is 40.3 Å². The molecule has 0 bridgehead atoms. The van der Waals surface area contributed by atoms with Crippen molar-refractivity contribution in [2.24, 2.45) is 23.7 Å². The average Bonchev–Trinajstić information content (AvgIpc) is 3.71. The van der Waals surface area contributed by atoms with E-state index < -0.39 is 72.2 Å². The van der Waals surface area contributed by atoms with E-state index in [0.717, 1.165) is 5.56 Å². The minimum atomic E-state index is -1.15. The molecule has 1 saturated heterocycles. The highest BCUT2D eigenvalue weighted by Gasteiger charge is 2.44. The Bertz CT molecular complexity index is 1590. The molecule has 62 heavy (non-hydrogen) atoms. The number of amides is 5. The van der Waals surface area contributed by atoms with Gasteiger partial charge >= 0.3 is 5.97 Å². The zero-order valence-electron chi connectivity index (χ0n) is 40.1. The van der Waals surface area contributed by atoms with Crippen molar-refractivity contribution in [3.63, 3.8) is 0 Å². The molecule has 1 fully saturated rings. The topological polar surface area (TPSA) is 187 Å². The third-order valence-corrected chi connectivity index (χ3v) is 12.8. The number of carboxylic acid groups (broad SMARTS) is 1. The van der Waals surface area contributed by atoms with Gasteiger partial charge in [0.15, 0.2) is 0 Å². The molecule has 0 radical (unpaired) electrons. The van der Waals surface area contributed by atoms with Crippen LogP contribution in [-0.2, 0) is 44.7 Å². The second-order valence-electron chi connectivity index (χ2n) is 18.2. The summed E-state index contributed by atoms with van der Waals surface area (Å²) < 4.78 is 12.0. The van der Waals surface area contributed by atoms with Crippen LogP contribution < -0.4 is 16.0 Å². The normalized spacial score (nSPS) is 18.7. The summed E-state index contributed by atoms with van der Waals surface area (Å²) in [5, 5.41) is 18.3. The smallest absolute Gasteiger partial charge is 0.326 e. The minimum absolute atomic E-state index is 0.0104. The number of likely N-dealkylation sites (tertiary alicyclic amines) is 1. The molecule has 2 rings (SSSR count). The van der Waals surface area contributed by atoms with Gasteiger partial charge in [-0.3, -0.25) is 28.9 Å². The molecule has 1 aliphatic heterocycles. The number of carbonyl (C=O) groups is 6. The summed E-state index contributed by atoms with van der Waals surface area (Å²) in [6.07, 6.45) is 1.43. The highest BCUT2D eigenvalue weighted by molar-refractivity contribution is 5.92. The van der Waals surface area contributed by atoms with Crippen molar-refractivity contribution in [2.75, 3.05) is 34.9 Å². The number of hydrogen-bond acceptors (Lipinski definition) is 9. The SMILES string of the molecule is CCCC(NC(=O)[C@H](Cc1ccccc1)NC(=O)[C@H](C)[C@@H](OC)[C@@H]1CCCN1C(=O)C[C@@H](OC)[C@H]([C@@H](C)CC)N(C)C(=O)[C@@H](NC(=O)[C@H](C(C)C)N(C)C(C)C)C(C)C)C(=O)O. The van der Waals surface area contributed by atoms with Crippen molar-refractivity contribution in [1.82, 2.24) is 30.7 Å². The maximum absolute atomic E-state index is 14.4. The van der Waals surface area contributed by atoms with E-state index in [1.807, 2.05) is 105 Å². The van der Waals surface area contributed by atoms with E-state index in [1.165, 1.54) is 14.2 Å². The van der Waals surface area contributed by atoms with Gasteiger partial charge in [0.25, 0.3) is 0 Å². The lowest BCUT2D eigenvalue weighted by Gasteiger charge is -2.41.